The average Bonchev–Trinajstić information content (AvgIpc) is 2.67. The predicted molar refractivity (Wildman–Crippen MR) is 108 cm³/mol. The fraction of sp³-hybridized carbons (Fsp3) is 0.333. The molecule has 0 aromatic heterocycles. The zero-order valence-electron chi connectivity index (χ0n) is 16.6. The first-order valence-electron chi connectivity index (χ1n) is 9.37. The maximum absolute atomic E-state index is 13.5. The van der Waals surface area contributed by atoms with E-state index in [2.05, 4.69) is 16.0 Å². The number of anilines is 2. The lowest BCUT2D eigenvalue weighted by Gasteiger charge is -2.18. The second-order valence-electron chi connectivity index (χ2n) is 7.10. The molecule has 0 aliphatic heterocycles. The summed E-state index contributed by atoms with van der Waals surface area (Å²) in [5.41, 5.74) is -1.26. The number of aliphatic hydroxyl groups is 1. The lowest BCUT2D eigenvalue weighted by Crippen LogP contribution is -2.33. The summed E-state index contributed by atoms with van der Waals surface area (Å²) in [7, 11) is 0. The molecule has 0 spiro atoms. The van der Waals surface area contributed by atoms with Crippen molar-refractivity contribution in [2.75, 3.05) is 17.2 Å². The molecule has 3 amide bonds. The Morgan fingerprint density at radius 2 is 1.70 bits per heavy atom. The van der Waals surface area contributed by atoms with E-state index in [1.54, 1.807) is 44.2 Å². The highest BCUT2D eigenvalue weighted by Gasteiger charge is 2.34. The number of aliphatic hydroxyl groups excluding tert-OH is 1. The minimum Gasteiger partial charge on any atom is -0.393 e. The number of nitrogens with one attached hydrogen (secondary N) is 3. The molecule has 0 aliphatic rings. The lowest BCUT2D eigenvalue weighted by molar-refractivity contribution is -0.136. The molecule has 4 N–H and O–H groups in total. The third-order valence-corrected chi connectivity index (χ3v) is 4.22. The van der Waals surface area contributed by atoms with Crippen LogP contribution in [-0.2, 0) is 6.18 Å². The van der Waals surface area contributed by atoms with Gasteiger partial charge in [0, 0.05) is 17.8 Å². The van der Waals surface area contributed by atoms with Crippen molar-refractivity contribution >= 4 is 23.3 Å². The molecule has 0 saturated heterocycles. The van der Waals surface area contributed by atoms with E-state index < -0.39 is 35.5 Å². The van der Waals surface area contributed by atoms with Crippen LogP contribution in [0.5, 0.6) is 0 Å². The third kappa shape index (κ3) is 7.07. The van der Waals surface area contributed by atoms with Crippen LogP contribution >= 0.6 is 0 Å². The molecule has 2 atom stereocenters. The molecule has 2 rings (SSSR count). The molecule has 0 radical (unpaired) electrons. The predicted octanol–water partition coefficient (Wildman–Crippen LogP) is 4.49. The molecule has 0 fully saturated rings. The Morgan fingerprint density at radius 3 is 2.30 bits per heavy atom. The van der Waals surface area contributed by atoms with Crippen molar-refractivity contribution in [3.63, 3.8) is 0 Å². The van der Waals surface area contributed by atoms with E-state index in [9.17, 15) is 27.9 Å². The minimum absolute atomic E-state index is 0.0478. The molecule has 0 aliphatic carbocycles. The average molecular weight is 423 g/mol. The number of alkyl halides is 3. The normalized spacial score (nSPS) is 13.3. The molecule has 0 bridgehead atoms. The van der Waals surface area contributed by atoms with Gasteiger partial charge in [0.15, 0.2) is 0 Å². The Bertz CT molecular complexity index is 871. The fourth-order valence-corrected chi connectivity index (χ4v) is 2.86. The molecular weight excluding hydrogens is 399 g/mol. The van der Waals surface area contributed by atoms with E-state index in [-0.39, 0.29) is 18.2 Å². The van der Waals surface area contributed by atoms with Crippen LogP contribution in [0.1, 0.15) is 36.2 Å². The lowest BCUT2D eigenvalue weighted by atomic mass is 10.1. The molecule has 0 heterocycles. The zero-order valence-corrected chi connectivity index (χ0v) is 16.6. The fourth-order valence-electron chi connectivity index (χ4n) is 2.86. The van der Waals surface area contributed by atoms with Gasteiger partial charge in [-0.3, -0.25) is 4.79 Å². The van der Waals surface area contributed by atoms with Crippen molar-refractivity contribution in [3.05, 3.63) is 59.7 Å². The summed E-state index contributed by atoms with van der Waals surface area (Å²) >= 11 is 0. The summed E-state index contributed by atoms with van der Waals surface area (Å²) in [6, 6.07) is 10.4. The maximum Gasteiger partial charge on any atom is 0.418 e. The second-order valence-corrected chi connectivity index (χ2v) is 7.10. The third-order valence-electron chi connectivity index (χ3n) is 4.22. The van der Waals surface area contributed by atoms with Crippen LogP contribution in [0.3, 0.4) is 0 Å². The quantitative estimate of drug-likeness (QED) is 0.529. The van der Waals surface area contributed by atoms with Crippen molar-refractivity contribution in [3.8, 4) is 0 Å². The highest BCUT2D eigenvalue weighted by atomic mass is 19.4. The van der Waals surface area contributed by atoms with E-state index in [1.165, 1.54) is 6.07 Å². The van der Waals surface area contributed by atoms with Crippen LogP contribution in [0.4, 0.5) is 29.3 Å². The van der Waals surface area contributed by atoms with E-state index in [4.69, 9.17) is 0 Å². The summed E-state index contributed by atoms with van der Waals surface area (Å²) in [4.78, 5) is 24.2. The smallest absolute Gasteiger partial charge is 0.393 e. The molecular formula is C21H24F3N3O3. The topological polar surface area (TPSA) is 90.5 Å². The van der Waals surface area contributed by atoms with Crippen molar-refractivity contribution in [1.29, 1.82) is 0 Å². The van der Waals surface area contributed by atoms with Crippen LogP contribution < -0.4 is 16.0 Å². The Morgan fingerprint density at radius 1 is 1.03 bits per heavy atom. The standard InChI is InChI=1S/C21H24F3N3O3/c1-13(10-14(2)28)12-25-20(30)27-18-9-8-16(11-17(18)21(22,23)24)26-19(29)15-6-4-3-5-7-15/h3-9,11,13-14,28H,10,12H2,1-2H3,(H,26,29)(H2,25,27,30). The van der Waals surface area contributed by atoms with Gasteiger partial charge >= 0.3 is 12.2 Å². The Kier molecular flexibility index (Phi) is 7.82. The first-order chi connectivity index (χ1) is 14.1. The van der Waals surface area contributed by atoms with Gasteiger partial charge in [0.1, 0.15) is 0 Å². The van der Waals surface area contributed by atoms with Crippen molar-refractivity contribution in [2.45, 2.75) is 32.5 Å². The van der Waals surface area contributed by atoms with Crippen molar-refractivity contribution in [2.24, 2.45) is 5.92 Å². The van der Waals surface area contributed by atoms with E-state index in [1.807, 2.05) is 0 Å². The molecule has 2 unspecified atom stereocenters. The Hall–Kier alpha value is -3.07. The van der Waals surface area contributed by atoms with Crippen LogP contribution in [0.25, 0.3) is 0 Å². The number of hydrogen-bond acceptors (Lipinski definition) is 3. The van der Waals surface area contributed by atoms with E-state index in [0.717, 1.165) is 12.1 Å². The molecule has 6 nitrogen and oxygen atoms in total. The largest absolute Gasteiger partial charge is 0.418 e. The molecule has 0 saturated carbocycles. The number of amides is 3. The summed E-state index contributed by atoms with van der Waals surface area (Å²) in [5.74, 6) is -0.595. The van der Waals surface area contributed by atoms with Gasteiger partial charge in [0.25, 0.3) is 5.91 Å². The number of carbonyl (C=O) groups is 2. The molecule has 30 heavy (non-hydrogen) atoms. The highest BCUT2D eigenvalue weighted by Crippen LogP contribution is 2.36. The van der Waals surface area contributed by atoms with Crippen LogP contribution in [-0.4, -0.2) is 29.7 Å². The summed E-state index contributed by atoms with van der Waals surface area (Å²) < 4.78 is 40.5. The monoisotopic (exact) mass is 423 g/mol. The van der Waals surface area contributed by atoms with Gasteiger partial charge < -0.3 is 21.1 Å². The van der Waals surface area contributed by atoms with E-state index in [0.29, 0.717) is 12.0 Å². The zero-order chi connectivity index (χ0) is 22.3. The summed E-state index contributed by atoms with van der Waals surface area (Å²) in [6.45, 7) is 3.62. The number of halogens is 3. The number of hydrogen-bond donors (Lipinski definition) is 4. The molecule has 2 aromatic carbocycles. The van der Waals surface area contributed by atoms with Gasteiger partial charge in [-0.1, -0.05) is 25.1 Å². The van der Waals surface area contributed by atoms with Crippen LogP contribution in [0, 0.1) is 5.92 Å². The molecule has 2 aromatic rings. The van der Waals surface area contributed by atoms with Crippen LogP contribution in [0.15, 0.2) is 48.5 Å². The molecule has 162 valence electrons. The maximum atomic E-state index is 13.5. The SMILES string of the molecule is CC(O)CC(C)CNC(=O)Nc1ccc(NC(=O)c2ccccc2)cc1C(F)(F)F. The van der Waals surface area contributed by atoms with Crippen molar-refractivity contribution in [1.82, 2.24) is 5.32 Å². The number of carbonyl (C=O) groups excluding carboxylic acids is 2. The highest BCUT2D eigenvalue weighted by molar-refractivity contribution is 6.04. The van der Waals surface area contributed by atoms with Crippen molar-refractivity contribution < 1.29 is 27.9 Å². The van der Waals surface area contributed by atoms with E-state index >= 15 is 0 Å². The van der Waals surface area contributed by atoms with Gasteiger partial charge in [-0.2, -0.15) is 13.2 Å². The van der Waals surface area contributed by atoms with Gasteiger partial charge in [-0.25, -0.2) is 4.79 Å². The Labute approximate surface area is 172 Å². The van der Waals surface area contributed by atoms with Gasteiger partial charge in [-0.15, -0.1) is 0 Å². The first kappa shape index (κ1) is 23.2. The first-order valence-corrected chi connectivity index (χ1v) is 9.37. The van der Waals surface area contributed by atoms with Gasteiger partial charge in [0.05, 0.1) is 17.4 Å². The number of urea groups is 1. The van der Waals surface area contributed by atoms with Gasteiger partial charge in [0.2, 0.25) is 0 Å². The Balaban J connectivity index is 2.11. The number of benzene rings is 2. The van der Waals surface area contributed by atoms with Gasteiger partial charge in [-0.05, 0) is 49.6 Å². The minimum atomic E-state index is -4.74. The summed E-state index contributed by atoms with van der Waals surface area (Å²) in [5, 5.41) is 16.4. The number of rotatable bonds is 7. The summed E-state index contributed by atoms with van der Waals surface area (Å²) in [6.07, 6.45) is -4.83. The second kappa shape index (κ2) is 10.1. The molecule has 9 heteroatoms. The van der Waals surface area contributed by atoms with Crippen LogP contribution in [0.2, 0.25) is 0 Å².